The number of nitrogens with zero attached hydrogens (tertiary/aromatic N) is 2. The summed E-state index contributed by atoms with van der Waals surface area (Å²) in [7, 11) is 0. The van der Waals surface area contributed by atoms with Gasteiger partial charge in [-0.05, 0) is 18.8 Å². The van der Waals surface area contributed by atoms with Crippen LogP contribution in [-0.2, 0) is 11.3 Å². The van der Waals surface area contributed by atoms with E-state index in [1.165, 1.54) is 11.4 Å². The Hall–Kier alpha value is -0.490. The molecular formula is C15H25N3OS. The van der Waals surface area contributed by atoms with Crippen LogP contribution in [0.3, 0.4) is 0 Å². The summed E-state index contributed by atoms with van der Waals surface area (Å²) in [5, 5.41) is 7.02. The molecule has 1 aliphatic carbocycles. The molecule has 2 unspecified atom stereocenters. The number of hydrogen-bond acceptors (Lipinski definition) is 5. The van der Waals surface area contributed by atoms with Gasteiger partial charge in [0.15, 0.2) is 0 Å². The molecule has 4 nitrogen and oxygen atoms in total. The van der Waals surface area contributed by atoms with Crippen molar-refractivity contribution in [2.24, 2.45) is 5.41 Å². The fourth-order valence-corrected chi connectivity index (χ4v) is 4.17. The van der Waals surface area contributed by atoms with Gasteiger partial charge in [-0.3, -0.25) is 4.90 Å². The largest absolute Gasteiger partial charge is 0.379 e. The summed E-state index contributed by atoms with van der Waals surface area (Å²) < 4.78 is 5.46. The maximum atomic E-state index is 5.46. The van der Waals surface area contributed by atoms with Crippen LogP contribution in [0.5, 0.6) is 0 Å². The van der Waals surface area contributed by atoms with Gasteiger partial charge in [-0.1, -0.05) is 13.8 Å². The van der Waals surface area contributed by atoms with Crippen molar-refractivity contribution in [2.45, 2.75) is 45.8 Å². The van der Waals surface area contributed by atoms with Gasteiger partial charge >= 0.3 is 0 Å². The highest BCUT2D eigenvalue weighted by atomic mass is 32.1. The van der Waals surface area contributed by atoms with Gasteiger partial charge in [0.25, 0.3) is 0 Å². The third kappa shape index (κ3) is 2.77. The van der Waals surface area contributed by atoms with E-state index in [0.717, 1.165) is 38.5 Å². The molecule has 2 fully saturated rings. The van der Waals surface area contributed by atoms with Gasteiger partial charge in [0.1, 0.15) is 5.01 Å². The van der Waals surface area contributed by atoms with Gasteiger partial charge < -0.3 is 10.1 Å². The van der Waals surface area contributed by atoms with Crippen molar-refractivity contribution in [3.05, 3.63) is 16.1 Å². The predicted octanol–water partition coefficient (Wildman–Crippen LogP) is 2.04. The number of hydrogen-bond donors (Lipinski definition) is 1. The summed E-state index contributed by atoms with van der Waals surface area (Å²) >= 11 is 1.75. The minimum atomic E-state index is 0.337. The van der Waals surface area contributed by atoms with Gasteiger partial charge in [0, 0.05) is 42.8 Å². The fraction of sp³-hybridized carbons (Fsp3) is 0.800. The maximum Gasteiger partial charge on any atom is 0.107 e. The van der Waals surface area contributed by atoms with Crippen LogP contribution in [0.1, 0.15) is 31.0 Å². The lowest BCUT2D eigenvalue weighted by Gasteiger charge is -2.57. The Labute approximate surface area is 125 Å². The summed E-state index contributed by atoms with van der Waals surface area (Å²) in [5.74, 6) is 0. The summed E-state index contributed by atoms with van der Waals surface area (Å²) in [6.45, 7) is 11.7. The molecule has 0 aromatic carbocycles. The summed E-state index contributed by atoms with van der Waals surface area (Å²) in [5.41, 5.74) is 1.47. The minimum Gasteiger partial charge on any atom is -0.379 e. The van der Waals surface area contributed by atoms with E-state index in [2.05, 4.69) is 41.4 Å². The molecule has 0 spiro atoms. The summed E-state index contributed by atoms with van der Waals surface area (Å²) in [4.78, 5) is 7.13. The van der Waals surface area contributed by atoms with Gasteiger partial charge in [0.2, 0.25) is 0 Å². The molecule has 1 aromatic heterocycles. The molecule has 2 aliphatic rings. The Kier molecular flexibility index (Phi) is 4.13. The Morgan fingerprint density at radius 2 is 2.20 bits per heavy atom. The molecule has 1 saturated carbocycles. The lowest BCUT2D eigenvalue weighted by Crippen LogP contribution is -2.66. The quantitative estimate of drug-likeness (QED) is 0.922. The van der Waals surface area contributed by atoms with Crippen molar-refractivity contribution in [1.29, 1.82) is 0 Å². The van der Waals surface area contributed by atoms with Gasteiger partial charge in [-0.2, -0.15) is 0 Å². The van der Waals surface area contributed by atoms with E-state index >= 15 is 0 Å². The van der Waals surface area contributed by atoms with E-state index in [1.54, 1.807) is 11.3 Å². The van der Waals surface area contributed by atoms with Crippen LogP contribution in [-0.4, -0.2) is 48.3 Å². The van der Waals surface area contributed by atoms with E-state index in [1.807, 2.05) is 0 Å². The fourth-order valence-electron chi connectivity index (χ4n) is 3.45. The first-order valence-corrected chi connectivity index (χ1v) is 8.41. The van der Waals surface area contributed by atoms with Crippen LogP contribution >= 0.6 is 11.3 Å². The molecule has 3 rings (SSSR count). The summed E-state index contributed by atoms with van der Waals surface area (Å²) in [6, 6.07) is 1.29. The molecule has 20 heavy (non-hydrogen) atoms. The number of morpholine rings is 1. The van der Waals surface area contributed by atoms with Crippen LogP contribution in [0.25, 0.3) is 0 Å². The van der Waals surface area contributed by atoms with Crippen molar-refractivity contribution in [3.63, 3.8) is 0 Å². The van der Waals surface area contributed by atoms with Crippen molar-refractivity contribution in [2.75, 3.05) is 26.3 Å². The first-order chi connectivity index (χ1) is 9.57. The third-order valence-corrected chi connectivity index (χ3v) is 5.84. The zero-order valence-corrected chi connectivity index (χ0v) is 13.5. The first kappa shape index (κ1) is 14.4. The van der Waals surface area contributed by atoms with Crippen molar-refractivity contribution in [3.8, 4) is 0 Å². The maximum absolute atomic E-state index is 5.46. The molecule has 5 heteroatoms. The number of thiazole rings is 1. The summed E-state index contributed by atoms with van der Waals surface area (Å²) in [6.07, 6.45) is 1.25. The van der Waals surface area contributed by atoms with E-state index in [0.29, 0.717) is 17.5 Å². The van der Waals surface area contributed by atoms with Gasteiger partial charge in [-0.25, -0.2) is 4.98 Å². The first-order valence-electron chi connectivity index (χ1n) is 7.53. The van der Waals surface area contributed by atoms with E-state index in [4.69, 9.17) is 4.74 Å². The molecule has 1 aliphatic heterocycles. The van der Waals surface area contributed by atoms with Crippen molar-refractivity contribution in [1.82, 2.24) is 15.2 Å². The van der Waals surface area contributed by atoms with E-state index in [-0.39, 0.29) is 0 Å². The standard InChI is InChI=1S/C15H25N3OS/c1-11-10-20-14(17-11)9-16-12-8-13(15(12,2)3)18-4-6-19-7-5-18/h10,12-13,16H,4-9H2,1-3H3. The van der Waals surface area contributed by atoms with E-state index < -0.39 is 0 Å². The lowest BCUT2D eigenvalue weighted by atomic mass is 9.62. The highest BCUT2D eigenvalue weighted by molar-refractivity contribution is 7.09. The smallest absolute Gasteiger partial charge is 0.107 e. The monoisotopic (exact) mass is 295 g/mol. The van der Waals surface area contributed by atoms with Crippen LogP contribution in [0, 0.1) is 12.3 Å². The number of rotatable bonds is 4. The predicted molar refractivity (Wildman–Crippen MR) is 82.1 cm³/mol. The SMILES string of the molecule is Cc1csc(CNC2CC(N3CCOCC3)C2(C)C)n1. The molecule has 2 atom stereocenters. The molecule has 0 bridgehead atoms. The molecule has 1 aromatic rings. The highest BCUT2D eigenvalue weighted by Crippen LogP contribution is 2.44. The zero-order valence-electron chi connectivity index (χ0n) is 12.7. The van der Waals surface area contributed by atoms with Crippen molar-refractivity contribution >= 4 is 11.3 Å². The molecule has 2 heterocycles. The van der Waals surface area contributed by atoms with Crippen LogP contribution in [0.2, 0.25) is 0 Å². The minimum absolute atomic E-state index is 0.337. The molecular weight excluding hydrogens is 270 g/mol. The van der Waals surface area contributed by atoms with Gasteiger partial charge in [-0.15, -0.1) is 11.3 Å². The highest BCUT2D eigenvalue weighted by Gasteiger charge is 2.50. The average Bonchev–Trinajstić information content (AvgIpc) is 2.84. The molecule has 1 saturated heterocycles. The molecule has 0 amide bonds. The Bertz CT molecular complexity index is 454. The van der Waals surface area contributed by atoms with E-state index in [9.17, 15) is 0 Å². The molecule has 1 N–H and O–H groups in total. The average molecular weight is 295 g/mol. The normalized spacial score (nSPS) is 30.1. The second-order valence-electron chi connectivity index (χ2n) is 6.54. The third-order valence-electron chi connectivity index (χ3n) is 4.87. The van der Waals surface area contributed by atoms with Crippen molar-refractivity contribution < 1.29 is 4.74 Å². The topological polar surface area (TPSA) is 37.4 Å². The van der Waals surface area contributed by atoms with Crippen LogP contribution < -0.4 is 5.32 Å². The number of aryl methyl sites for hydroxylation is 1. The van der Waals surface area contributed by atoms with Gasteiger partial charge in [0.05, 0.1) is 13.2 Å². The Morgan fingerprint density at radius 1 is 1.45 bits per heavy atom. The molecule has 0 radical (unpaired) electrons. The Morgan fingerprint density at radius 3 is 2.80 bits per heavy atom. The second-order valence-corrected chi connectivity index (χ2v) is 7.48. The second kappa shape index (κ2) is 5.72. The number of aromatic nitrogens is 1. The molecule has 112 valence electrons. The lowest BCUT2D eigenvalue weighted by molar-refractivity contribution is -0.0777. The van der Waals surface area contributed by atoms with Crippen LogP contribution in [0.15, 0.2) is 5.38 Å². The number of ether oxygens (including phenoxy) is 1. The number of nitrogens with one attached hydrogen (secondary N) is 1. The Balaban J connectivity index is 1.52. The van der Waals surface area contributed by atoms with Crippen LogP contribution in [0.4, 0.5) is 0 Å². The zero-order chi connectivity index (χ0) is 14.2.